The molecule has 0 atom stereocenters. The second kappa shape index (κ2) is 4.73. The molecule has 0 saturated heterocycles. The number of furan rings is 1. The molecule has 0 unspecified atom stereocenters. The first-order valence-electron chi connectivity index (χ1n) is 6.97. The van der Waals surface area contributed by atoms with Crippen molar-refractivity contribution in [3.05, 3.63) is 60.6 Å². The maximum Gasteiger partial charge on any atom is 0.152 e. The molecule has 2 N–H and O–H groups in total. The lowest BCUT2D eigenvalue weighted by Gasteiger charge is -2.08. The molecule has 22 heavy (non-hydrogen) atoms. The highest BCUT2D eigenvalue weighted by Gasteiger charge is 2.12. The highest BCUT2D eigenvalue weighted by molar-refractivity contribution is 5.92. The molecule has 0 fully saturated rings. The molecule has 3 aromatic heterocycles. The van der Waals surface area contributed by atoms with Gasteiger partial charge < -0.3 is 10.2 Å². The van der Waals surface area contributed by atoms with Gasteiger partial charge in [0.1, 0.15) is 11.5 Å². The van der Waals surface area contributed by atoms with Crippen LogP contribution in [-0.2, 0) is 0 Å². The Kier molecular flexibility index (Phi) is 2.72. The molecule has 0 spiro atoms. The topological polar surface area (TPSA) is 69.9 Å². The molecule has 0 amide bonds. The zero-order valence-electron chi connectivity index (χ0n) is 12.0. The number of hydrogen-bond acceptors (Lipinski definition) is 4. The third-order valence-corrected chi connectivity index (χ3v) is 3.63. The van der Waals surface area contributed by atoms with E-state index in [0.29, 0.717) is 5.82 Å². The summed E-state index contributed by atoms with van der Waals surface area (Å²) >= 11 is 0. The van der Waals surface area contributed by atoms with Crippen molar-refractivity contribution in [3.63, 3.8) is 0 Å². The van der Waals surface area contributed by atoms with E-state index in [1.165, 1.54) is 0 Å². The van der Waals surface area contributed by atoms with E-state index in [1.807, 2.05) is 54.1 Å². The van der Waals surface area contributed by atoms with Gasteiger partial charge in [-0.1, -0.05) is 6.07 Å². The number of anilines is 1. The fourth-order valence-electron chi connectivity index (χ4n) is 2.61. The molecule has 0 aliphatic heterocycles. The minimum absolute atomic E-state index is 0.516. The van der Waals surface area contributed by atoms with Crippen LogP contribution in [0.3, 0.4) is 0 Å². The van der Waals surface area contributed by atoms with Gasteiger partial charge >= 0.3 is 0 Å². The van der Waals surface area contributed by atoms with Gasteiger partial charge in [-0.2, -0.15) is 5.10 Å². The van der Waals surface area contributed by atoms with Gasteiger partial charge in [-0.25, -0.2) is 9.67 Å². The molecular formula is C17H14N4O. The molecule has 0 bridgehead atoms. The molecule has 0 aliphatic carbocycles. The summed E-state index contributed by atoms with van der Waals surface area (Å²) in [7, 11) is 0. The van der Waals surface area contributed by atoms with Crippen LogP contribution in [-0.4, -0.2) is 14.8 Å². The fraction of sp³-hybridized carbons (Fsp3) is 0.0588. The average molecular weight is 290 g/mol. The van der Waals surface area contributed by atoms with Crippen molar-refractivity contribution in [1.29, 1.82) is 0 Å². The van der Waals surface area contributed by atoms with Crippen LogP contribution >= 0.6 is 0 Å². The number of aromatic nitrogens is 3. The van der Waals surface area contributed by atoms with Gasteiger partial charge in [0.25, 0.3) is 0 Å². The van der Waals surface area contributed by atoms with Crippen molar-refractivity contribution in [2.45, 2.75) is 6.92 Å². The molecule has 4 aromatic rings. The Hall–Kier alpha value is -3.08. The lowest BCUT2D eigenvalue weighted by molar-refractivity contribution is 0.577. The van der Waals surface area contributed by atoms with Gasteiger partial charge in [0.15, 0.2) is 5.76 Å². The van der Waals surface area contributed by atoms with Crippen LogP contribution in [0.5, 0.6) is 0 Å². The number of fused-ring (bicyclic) bond motifs is 1. The second-order valence-electron chi connectivity index (χ2n) is 5.16. The number of nitrogen functional groups attached to an aromatic ring is 1. The summed E-state index contributed by atoms with van der Waals surface area (Å²) in [4.78, 5) is 4.15. The van der Waals surface area contributed by atoms with Crippen molar-refractivity contribution in [1.82, 2.24) is 14.8 Å². The third-order valence-electron chi connectivity index (χ3n) is 3.63. The Morgan fingerprint density at radius 2 is 2.05 bits per heavy atom. The van der Waals surface area contributed by atoms with Crippen molar-refractivity contribution in [2.24, 2.45) is 0 Å². The first-order chi connectivity index (χ1) is 10.7. The van der Waals surface area contributed by atoms with E-state index >= 15 is 0 Å². The summed E-state index contributed by atoms with van der Waals surface area (Å²) in [6, 6.07) is 13.8. The summed E-state index contributed by atoms with van der Waals surface area (Å²) in [5, 5.41) is 6.54. The molecule has 108 valence electrons. The Balaban J connectivity index is 1.94. The Labute approximate surface area is 127 Å². The van der Waals surface area contributed by atoms with E-state index in [9.17, 15) is 0 Å². The molecule has 5 nitrogen and oxygen atoms in total. The molecule has 0 saturated carbocycles. The number of aryl methyl sites for hydroxylation is 1. The van der Waals surface area contributed by atoms with Crippen molar-refractivity contribution >= 4 is 16.6 Å². The maximum atomic E-state index is 5.98. The maximum absolute atomic E-state index is 5.98. The van der Waals surface area contributed by atoms with Gasteiger partial charge in [0.2, 0.25) is 0 Å². The average Bonchev–Trinajstić information content (AvgIpc) is 3.16. The number of nitrogens with two attached hydrogens (primary N) is 1. The number of pyridine rings is 1. The summed E-state index contributed by atoms with van der Waals surface area (Å²) in [6.07, 6.45) is 3.37. The van der Waals surface area contributed by atoms with E-state index in [0.717, 1.165) is 33.6 Å². The number of rotatable bonds is 2. The Morgan fingerprint density at radius 3 is 2.86 bits per heavy atom. The van der Waals surface area contributed by atoms with Gasteiger partial charge in [-0.15, -0.1) is 0 Å². The van der Waals surface area contributed by atoms with E-state index in [-0.39, 0.29) is 0 Å². The monoisotopic (exact) mass is 290 g/mol. The summed E-state index contributed by atoms with van der Waals surface area (Å²) in [5.41, 5.74) is 8.73. The minimum atomic E-state index is 0.516. The highest BCUT2D eigenvalue weighted by atomic mass is 16.3. The van der Waals surface area contributed by atoms with Crippen LogP contribution in [0.4, 0.5) is 5.82 Å². The van der Waals surface area contributed by atoms with Gasteiger partial charge in [0, 0.05) is 11.6 Å². The molecule has 1 aromatic carbocycles. The predicted molar refractivity (Wildman–Crippen MR) is 85.7 cm³/mol. The third kappa shape index (κ3) is 1.95. The molecular weight excluding hydrogens is 276 g/mol. The quantitative estimate of drug-likeness (QED) is 0.612. The zero-order chi connectivity index (χ0) is 15.1. The lowest BCUT2D eigenvalue weighted by Crippen LogP contribution is -2.00. The number of benzene rings is 1. The van der Waals surface area contributed by atoms with Crippen LogP contribution in [0.1, 0.15) is 5.69 Å². The van der Waals surface area contributed by atoms with Crippen LogP contribution in [0.25, 0.3) is 27.9 Å². The number of nitrogens with zero attached hydrogens (tertiary/aromatic N) is 3. The Bertz CT molecular complexity index is 954. The van der Waals surface area contributed by atoms with Crippen molar-refractivity contribution in [3.8, 4) is 17.1 Å². The van der Waals surface area contributed by atoms with Crippen molar-refractivity contribution < 1.29 is 4.42 Å². The van der Waals surface area contributed by atoms with Gasteiger partial charge in [-0.3, -0.25) is 0 Å². The smallest absolute Gasteiger partial charge is 0.152 e. The normalized spacial score (nSPS) is 11.1. The molecule has 0 radical (unpaired) electrons. The molecule has 3 heterocycles. The molecule has 4 rings (SSSR count). The Morgan fingerprint density at radius 1 is 1.14 bits per heavy atom. The van der Waals surface area contributed by atoms with E-state index in [2.05, 4.69) is 10.1 Å². The summed E-state index contributed by atoms with van der Waals surface area (Å²) in [6.45, 7) is 1.96. The predicted octanol–water partition coefficient (Wildman–Crippen LogP) is 3.57. The fourth-order valence-corrected chi connectivity index (χ4v) is 2.61. The van der Waals surface area contributed by atoms with Crippen molar-refractivity contribution in [2.75, 3.05) is 5.73 Å². The first kappa shape index (κ1) is 12.6. The summed E-state index contributed by atoms with van der Waals surface area (Å²) < 4.78 is 7.37. The standard InChI is InChI=1S/C17H14N4O/c1-11-9-15(16-3-2-8-22-16)21(20-11)13-5-4-12-6-7-19-17(18)14(12)10-13/h2-10H,1H3,(H2,18,19). The zero-order valence-corrected chi connectivity index (χ0v) is 12.0. The second-order valence-corrected chi connectivity index (χ2v) is 5.16. The van der Waals surface area contributed by atoms with E-state index in [4.69, 9.17) is 10.2 Å². The minimum Gasteiger partial charge on any atom is -0.463 e. The van der Waals surface area contributed by atoms with Crippen LogP contribution in [0, 0.1) is 6.92 Å². The number of hydrogen-bond donors (Lipinski definition) is 1. The highest BCUT2D eigenvalue weighted by Crippen LogP contribution is 2.27. The van der Waals surface area contributed by atoms with Crippen LogP contribution in [0.15, 0.2) is 59.3 Å². The van der Waals surface area contributed by atoms with Crippen LogP contribution < -0.4 is 5.73 Å². The van der Waals surface area contributed by atoms with E-state index < -0.39 is 0 Å². The largest absolute Gasteiger partial charge is 0.463 e. The molecule has 5 heteroatoms. The molecule has 0 aliphatic rings. The van der Waals surface area contributed by atoms with Gasteiger partial charge in [0.05, 0.1) is 17.6 Å². The lowest BCUT2D eigenvalue weighted by atomic mass is 10.1. The SMILES string of the molecule is Cc1cc(-c2ccco2)n(-c2ccc3ccnc(N)c3c2)n1. The summed E-state index contributed by atoms with van der Waals surface area (Å²) in [5.74, 6) is 1.29. The van der Waals surface area contributed by atoms with E-state index in [1.54, 1.807) is 12.5 Å². The first-order valence-corrected chi connectivity index (χ1v) is 6.97. The van der Waals surface area contributed by atoms with Crippen LogP contribution in [0.2, 0.25) is 0 Å². The van der Waals surface area contributed by atoms with Gasteiger partial charge in [-0.05, 0) is 48.7 Å².